The molecular weight excluding hydrogens is 592 g/mol. The molecular formula is C40H76O7. The van der Waals surface area contributed by atoms with Gasteiger partial charge in [-0.1, -0.05) is 136 Å². The smallest absolute Gasteiger partial charge is 0.305 e. The predicted octanol–water partition coefficient (Wildman–Crippen LogP) is 10.8. The van der Waals surface area contributed by atoms with Crippen molar-refractivity contribution in [3.05, 3.63) is 12.2 Å². The quantitative estimate of drug-likeness (QED) is 0.0305. The molecule has 0 amide bonds. The Balaban J connectivity index is 4.12. The molecule has 0 aromatic rings. The second-order valence-electron chi connectivity index (χ2n) is 13.3. The third-order valence-electron chi connectivity index (χ3n) is 8.55. The maximum atomic E-state index is 12.5. The summed E-state index contributed by atoms with van der Waals surface area (Å²) in [6.07, 6.45) is 32.5. The molecule has 0 aliphatic heterocycles. The maximum Gasteiger partial charge on any atom is 0.305 e. The van der Waals surface area contributed by atoms with Crippen molar-refractivity contribution in [2.45, 2.75) is 194 Å². The monoisotopic (exact) mass is 669 g/mol. The summed E-state index contributed by atoms with van der Waals surface area (Å²) < 4.78 is 22.8. The lowest BCUT2D eigenvalue weighted by molar-refractivity contribution is -0.161. The fraction of sp³-hybridized carbons (Fsp3) is 0.900. The number of hydrogen-bond donors (Lipinski definition) is 1. The Morgan fingerprint density at radius 2 is 0.936 bits per heavy atom. The summed E-state index contributed by atoms with van der Waals surface area (Å²) in [4.78, 5) is 24.7. The largest absolute Gasteiger partial charge is 0.465 e. The molecule has 0 rings (SSSR count). The van der Waals surface area contributed by atoms with Crippen molar-refractivity contribution in [2.24, 2.45) is 5.92 Å². The Kier molecular flexibility index (Phi) is 36.2. The first-order valence-corrected chi connectivity index (χ1v) is 19.9. The summed E-state index contributed by atoms with van der Waals surface area (Å²) in [7, 11) is 0. The molecule has 0 fully saturated rings. The number of carbonyl (C=O) groups excluding carboxylic acids is 2. The molecule has 1 N–H and O–H groups in total. The number of rotatable bonds is 37. The van der Waals surface area contributed by atoms with Gasteiger partial charge in [0.2, 0.25) is 0 Å². The van der Waals surface area contributed by atoms with Crippen LogP contribution < -0.4 is 0 Å². The van der Waals surface area contributed by atoms with E-state index in [1.54, 1.807) is 0 Å². The van der Waals surface area contributed by atoms with Crippen LogP contribution in [0.5, 0.6) is 0 Å². The van der Waals surface area contributed by atoms with Gasteiger partial charge in [-0.15, -0.1) is 0 Å². The fourth-order valence-corrected chi connectivity index (χ4v) is 5.35. The maximum absolute atomic E-state index is 12.5. The van der Waals surface area contributed by atoms with Crippen LogP contribution in [0.2, 0.25) is 0 Å². The third-order valence-corrected chi connectivity index (χ3v) is 8.55. The number of unbranched alkanes of at least 4 members (excludes halogenated alkanes) is 19. The van der Waals surface area contributed by atoms with E-state index in [0.29, 0.717) is 26.1 Å². The molecule has 0 aromatic heterocycles. The molecule has 278 valence electrons. The molecule has 7 heteroatoms. The lowest BCUT2D eigenvalue weighted by Gasteiger charge is -2.19. The van der Waals surface area contributed by atoms with Crippen LogP contribution in [0, 0.1) is 5.92 Å². The molecule has 1 unspecified atom stereocenters. The number of carbonyl (C=O) groups is 2. The highest BCUT2D eigenvalue weighted by Crippen LogP contribution is 2.13. The van der Waals surface area contributed by atoms with Gasteiger partial charge >= 0.3 is 11.9 Å². The van der Waals surface area contributed by atoms with Gasteiger partial charge in [0.1, 0.15) is 0 Å². The highest BCUT2D eigenvalue weighted by atomic mass is 16.7. The standard InChI is InChI=1S/C40H76O7/c1-4-7-10-13-16-17-18-19-20-21-22-23-26-29-38(42)46-35-37(34-41)36-47-39(43)30-31-40(44-32-27-24-14-11-8-5-2)45-33-28-25-15-12-9-6-3/h17-18,37,40-41H,4-16,19-36H2,1-3H3/b18-17-. The Labute approximate surface area is 290 Å². The van der Waals surface area contributed by atoms with Crippen molar-refractivity contribution < 1.29 is 33.6 Å². The zero-order valence-electron chi connectivity index (χ0n) is 31.1. The lowest BCUT2D eigenvalue weighted by Crippen LogP contribution is -2.25. The zero-order valence-corrected chi connectivity index (χ0v) is 31.1. The number of hydrogen-bond acceptors (Lipinski definition) is 7. The first-order chi connectivity index (χ1) is 23.1. The van der Waals surface area contributed by atoms with E-state index in [4.69, 9.17) is 18.9 Å². The third kappa shape index (κ3) is 34.2. The summed E-state index contributed by atoms with van der Waals surface area (Å²) in [5, 5.41) is 9.72. The number of aliphatic hydroxyl groups is 1. The van der Waals surface area contributed by atoms with Crippen LogP contribution in [0.1, 0.15) is 188 Å². The van der Waals surface area contributed by atoms with Crippen LogP contribution in [0.3, 0.4) is 0 Å². The van der Waals surface area contributed by atoms with Crippen molar-refractivity contribution in [3.63, 3.8) is 0 Å². The molecule has 47 heavy (non-hydrogen) atoms. The Morgan fingerprint density at radius 3 is 1.43 bits per heavy atom. The van der Waals surface area contributed by atoms with Crippen LogP contribution in [-0.4, -0.2) is 56.4 Å². The van der Waals surface area contributed by atoms with Gasteiger partial charge in [-0.25, -0.2) is 0 Å². The molecule has 0 aliphatic carbocycles. The molecule has 0 saturated heterocycles. The Morgan fingerprint density at radius 1 is 0.532 bits per heavy atom. The second kappa shape index (κ2) is 37.4. The van der Waals surface area contributed by atoms with E-state index in [9.17, 15) is 14.7 Å². The van der Waals surface area contributed by atoms with Crippen molar-refractivity contribution in [2.75, 3.05) is 33.0 Å². The predicted molar refractivity (Wildman–Crippen MR) is 194 cm³/mol. The van der Waals surface area contributed by atoms with Crippen molar-refractivity contribution in [1.82, 2.24) is 0 Å². The van der Waals surface area contributed by atoms with E-state index in [1.807, 2.05) is 0 Å². The van der Waals surface area contributed by atoms with Crippen molar-refractivity contribution >= 4 is 11.9 Å². The second-order valence-corrected chi connectivity index (χ2v) is 13.3. The molecule has 0 aromatic carbocycles. The number of ether oxygens (including phenoxy) is 4. The van der Waals surface area contributed by atoms with Gasteiger partial charge in [-0.2, -0.15) is 0 Å². The van der Waals surface area contributed by atoms with Gasteiger partial charge in [-0.05, 0) is 44.9 Å². The highest BCUT2D eigenvalue weighted by molar-refractivity contribution is 5.69. The van der Waals surface area contributed by atoms with Crippen molar-refractivity contribution in [3.8, 4) is 0 Å². The summed E-state index contributed by atoms with van der Waals surface area (Å²) in [6, 6.07) is 0. The first kappa shape index (κ1) is 45.6. The molecule has 0 radical (unpaired) electrons. The summed E-state index contributed by atoms with van der Waals surface area (Å²) in [5.41, 5.74) is 0. The lowest BCUT2D eigenvalue weighted by atomic mass is 10.1. The zero-order chi connectivity index (χ0) is 34.5. The minimum Gasteiger partial charge on any atom is -0.465 e. The van der Waals surface area contributed by atoms with Crippen LogP contribution >= 0.6 is 0 Å². The van der Waals surface area contributed by atoms with E-state index in [1.165, 1.54) is 96.3 Å². The molecule has 1 atom stereocenters. The molecule has 0 spiro atoms. The van der Waals surface area contributed by atoms with E-state index >= 15 is 0 Å². The summed E-state index contributed by atoms with van der Waals surface area (Å²) in [6.45, 7) is 7.83. The fourth-order valence-electron chi connectivity index (χ4n) is 5.35. The molecule has 0 saturated carbocycles. The minimum absolute atomic E-state index is 0.0255. The van der Waals surface area contributed by atoms with Gasteiger partial charge in [0.25, 0.3) is 0 Å². The molecule has 7 nitrogen and oxygen atoms in total. The van der Waals surface area contributed by atoms with Gasteiger partial charge in [0.15, 0.2) is 6.29 Å². The van der Waals surface area contributed by atoms with Crippen LogP contribution in [-0.2, 0) is 28.5 Å². The molecule has 0 heterocycles. The van der Waals surface area contributed by atoms with Gasteiger partial charge in [-0.3, -0.25) is 9.59 Å². The van der Waals surface area contributed by atoms with Crippen LogP contribution in [0.4, 0.5) is 0 Å². The van der Waals surface area contributed by atoms with E-state index in [2.05, 4.69) is 32.9 Å². The van der Waals surface area contributed by atoms with Gasteiger partial charge in [0.05, 0.1) is 32.2 Å². The first-order valence-electron chi connectivity index (χ1n) is 19.9. The SMILES string of the molecule is CCCCCC/C=C\CCCCCCCC(=O)OCC(CO)COC(=O)CCC(OCCCCCCCC)OCCCCCCCC. The Bertz CT molecular complexity index is 678. The summed E-state index contributed by atoms with van der Waals surface area (Å²) >= 11 is 0. The average Bonchev–Trinajstić information content (AvgIpc) is 3.08. The van der Waals surface area contributed by atoms with E-state index < -0.39 is 12.2 Å². The molecule has 0 aliphatic rings. The number of allylic oxidation sites excluding steroid dienone is 2. The van der Waals surface area contributed by atoms with Crippen molar-refractivity contribution in [1.29, 1.82) is 0 Å². The minimum atomic E-state index is -0.425. The van der Waals surface area contributed by atoms with Gasteiger partial charge < -0.3 is 24.1 Å². The molecule has 0 bridgehead atoms. The van der Waals surface area contributed by atoms with E-state index in [0.717, 1.165) is 51.4 Å². The highest BCUT2D eigenvalue weighted by Gasteiger charge is 2.17. The average molecular weight is 669 g/mol. The topological polar surface area (TPSA) is 91.3 Å². The van der Waals surface area contributed by atoms with Crippen LogP contribution in [0.15, 0.2) is 12.2 Å². The number of aliphatic hydroxyl groups excluding tert-OH is 1. The number of esters is 2. The Hall–Kier alpha value is -1.44. The van der Waals surface area contributed by atoms with Crippen LogP contribution in [0.25, 0.3) is 0 Å². The normalized spacial score (nSPS) is 12.3. The van der Waals surface area contributed by atoms with E-state index in [-0.39, 0.29) is 38.2 Å². The van der Waals surface area contributed by atoms with Gasteiger partial charge in [0, 0.05) is 26.1 Å². The summed E-state index contributed by atoms with van der Waals surface area (Å²) in [5.74, 6) is -1.03.